The van der Waals surface area contributed by atoms with Crippen LogP contribution in [-0.2, 0) is 13.0 Å². The monoisotopic (exact) mass is 396 g/mol. The van der Waals surface area contributed by atoms with Crippen LogP contribution in [0.1, 0.15) is 35.7 Å². The molecule has 6 heteroatoms. The standard InChI is InChI=1S/C22H24N2O3S/c1-2-6-16-9-11-17(12-10-16)20(26)15-28-22-23-19-8-4-3-7-18(19)21(27)24(22)13-5-14-25/h3-4,7-12,25H,2,5-6,13-15H2,1H3. The molecule has 1 aromatic heterocycles. The predicted molar refractivity (Wildman–Crippen MR) is 113 cm³/mol. The second kappa shape index (κ2) is 9.66. The SMILES string of the molecule is CCCc1ccc(C(=O)CSc2nc3ccccc3c(=O)n2CCCO)cc1. The van der Waals surface area contributed by atoms with Crippen LogP contribution in [0.4, 0.5) is 0 Å². The lowest BCUT2D eigenvalue weighted by atomic mass is 10.1. The smallest absolute Gasteiger partial charge is 0.262 e. The maximum Gasteiger partial charge on any atom is 0.262 e. The maximum absolute atomic E-state index is 12.8. The fourth-order valence-electron chi connectivity index (χ4n) is 3.04. The average molecular weight is 397 g/mol. The highest BCUT2D eigenvalue weighted by atomic mass is 32.2. The summed E-state index contributed by atoms with van der Waals surface area (Å²) in [4.78, 5) is 30.0. The molecule has 3 aromatic rings. The normalized spacial score (nSPS) is 11.1. The first kappa shape index (κ1) is 20.3. The first-order valence-corrected chi connectivity index (χ1v) is 10.5. The van der Waals surface area contributed by atoms with Gasteiger partial charge >= 0.3 is 0 Å². The third kappa shape index (κ3) is 4.69. The lowest BCUT2D eigenvalue weighted by Gasteiger charge is -2.12. The number of nitrogens with zero attached hydrogens (tertiary/aromatic N) is 2. The van der Waals surface area contributed by atoms with E-state index in [0.717, 1.165) is 12.8 Å². The topological polar surface area (TPSA) is 72.2 Å². The van der Waals surface area contributed by atoms with Crippen molar-refractivity contribution in [2.75, 3.05) is 12.4 Å². The van der Waals surface area contributed by atoms with Crippen molar-refractivity contribution in [1.82, 2.24) is 9.55 Å². The Morgan fingerprint density at radius 2 is 1.89 bits per heavy atom. The Morgan fingerprint density at radius 1 is 1.14 bits per heavy atom. The van der Waals surface area contributed by atoms with Crippen LogP contribution < -0.4 is 5.56 Å². The number of carbonyl (C=O) groups is 1. The van der Waals surface area contributed by atoms with Crippen molar-refractivity contribution in [3.05, 3.63) is 70.0 Å². The van der Waals surface area contributed by atoms with Gasteiger partial charge in [-0.2, -0.15) is 0 Å². The molecule has 5 nitrogen and oxygen atoms in total. The van der Waals surface area contributed by atoms with Crippen molar-refractivity contribution in [2.24, 2.45) is 0 Å². The summed E-state index contributed by atoms with van der Waals surface area (Å²) in [6.07, 6.45) is 2.53. The zero-order chi connectivity index (χ0) is 19.9. The third-order valence-corrected chi connectivity index (χ3v) is 5.49. The summed E-state index contributed by atoms with van der Waals surface area (Å²) in [6, 6.07) is 14.9. The molecule has 0 unspecified atom stereocenters. The van der Waals surface area contributed by atoms with Crippen LogP contribution in [0.2, 0.25) is 0 Å². The second-order valence-electron chi connectivity index (χ2n) is 6.60. The van der Waals surface area contributed by atoms with Crippen molar-refractivity contribution < 1.29 is 9.90 Å². The number of fused-ring (bicyclic) bond motifs is 1. The van der Waals surface area contributed by atoms with Crippen LogP contribution in [-0.4, -0.2) is 32.8 Å². The minimum Gasteiger partial charge on any atom is -0.396 e. The molecule has 146 valence electrons. The van der Waals surface area contributed by atoms with E-state index in [4.69, 9.17) is 5.11 Å². The van der Waals surface area contributed by atoms with Gasteiger partial charge in [0.05, 0.1) is 16.7 Å². The Hall–Kier alpha value is -2.44. The van der Waals surface area contributed by atoms with Crippen molar-refractivity contribution in [3.8, 4) is 0 Å². The number of rotatable bonds is 9. The molecule has 0 fully saturated rings. The van der Waals surface area contributed by atoms with Crippen LogP contribution >= 0.6 is 11.8 Å². The van der Waals surface area contributed by atoms with Gasteiger partial charge in [0.1, 0.15) is 0 Å². The summed E-state index contributed by atoms with van der Waals surface area (Å²) in [5, 5.41) is 10.2. The van der Waals surface area contributed by atoms with Gasteiger partial charge in [0.25, 0.3) is 5.56 Å². The van der Waals surface area contributed by atoms with Gasteiger partial charge in [0.15, 0.2) is 10.9 Å². The zero-order valence-corrected chi connectivity index (χ0v) is 16.7. The van der Waals surface area contributed by atoms with Crippen LogP contribution in [0.5, 0.6) is 0 Å². The highest BCUT2D eigenvalue weighted by molar-refractivity contribution is 7.99. The lowest BCUT2D eigenvalue weighted by molar-refractivity contribution is 0.102. The Balaban J connectivity index is 1.82. The number of ketones is 1. The number of Topliss-reactive ketones (excluding diaryl/α,β-unsaturated/α-hetero) is 1. The molecule has 0 aliphatic heterocycles. The van der Waals surface area contributed by atoms with Gasteiger partial charge in [-0.05, 0) is 30.5 Å². The van der Waals surface area contributed by atoms with E-state index in [1.165, 1.54) is 17.3 Å². The Kier molecular flexibility index (Phi) is 7.01. The molecule has 0 spiro atoms. The molecule has 0 saturated carbocycles. The van der Waals surface area contributed by atoms with Crippen molar-refractivity contribution >= 4 is 28.4 Å². The first-order valence-electron chi connectivity index (χ1n) is 9.49. The minimum atomic E-state index is -0.141. The van der Waals surface area contributed by atoms with Gasteiger partial charge in [-0.25, -0.2) is 4.98 Å². The Labute approximate surface area is 168 Å². The number of para-hydroxylation sites is 1. The molecule has 0 saturated heterocycles. The van der Waals surface area contributed by atoms with Gasteiger partial charge in [0, 0.05) is 18.7 Å². The molecular weight excluding hydrogens is 372 g/mol. The Morgan fingerprint density at radius 3 is 2.61 bits per heavy atom. The number of carbonyl (C=O) groups excluding carboxylic acids is 1. The first-order chi connectivity index (χ1) is 13.6. The second-order valence-corrected chi connectivity index (χ2v) is 7.55. The summed E-state index contributed by atoms with van der Waals surface area (Å²) in [7, 11) is 0. The molecule has 3 rings (SSSR count). The summed E-state index contributed by atoms with van der Waals surface area (Å²) < 4.78 is 1.56. The van der Waals surface area contributed by atoms with Gasteiger partial charge in [0.2, 0.25) is 0 Å². The van der Waals surface area contributed by atoms with E-state index in [9.17, 15) is 9.59 Å². The molecule has 2 aromatic carbocycles. The number of aromatic nitrogens is 2. The number of thioether (sulfide) groups is 1. The quantitative estimate of drug-likeness (QED) is 0.339. The van der Waals surface area contributed by atoms with E-state index in [1.807, 2.05) is 30.3 Å². The molecule has 1 N–H and O–H groups in total. The fraction of sp³-hybridized carbons (Fsp3) is 0.318. The van der Waals surface area contributed by atoms with Crippen molar-refractivity contribution in [2.45, 2.75) is 37.9 Å². The van der Waals surface area contributed by atoms with E-state index in [2.05, 4.69) is 11.9 Å². The zero-order valence-electron chi connectivity index (χ0n) is 15.9. The van der Waals surface area contributed by atoms with Crippen molar-refractivity contribution in [3.63, 3.8) is 0 Å². The molecule has 0 atom stereocenters. The van der Waals surface area contributed by atoms with Gasteiger partial charge in [-0.15, -0.1) is 0 Å². The largest absolute Gasteiger partial charge is 0.396 e. The summed E-state index contributed by atoms with van der Waals surface area (Å²) in [6.45, 7) is 2.49. The number of hydrogen-bond acceptors (Lipinski definition) is 5. The van der Waals surface area contributed by atoms with E-state index < -0.39 is 0 Å². The minimum absolute atomic E-state index is 0.00386. The maximum atomic E-state index is 12.8. The van der Waals surface area contributed by atoms with Crippen LogP contribution in [0.25, 0.3) is 10.9 Å². The summed E-state index contributed by atoms with van der Waals surface area (Å²) in [5.41, 5.74) is 2.36. The third-order valence-electron chi connectivity index (χ3n) is 4.51. The number of aliphatic hydroxyl groups is 1. The van der Waals surface area contributed by atoms with Crippen LogP contribution in [0, 0.1) is 0 Å². The highest BCUT2D eigenvalue weighted by Gasteiger charge is 2.14. The highest BCUT2D eigenvalue weighted by Crippen LogP contribution is 2.20. The van der Waals surface area contributed by atoms with E-state index in [0.29, 0.717) is 34.6 Å². The molecular formula is C22H24N2O3S. The lowest BCUT2D eigenvalue weighted by Crippen LogP contribution is -2.24. The van der Waals surface area contributed by atoms with Crippen LogP contribution in [0.15, 0.2) is 58.5 Å². The number of hydrogen-bond donors (Lipinski definition) is 1. The average Bonchev–Trinajstić information content (AvgIpc) is 2.72. The summed E-state index contributed by atoms with van der Waals surface area (Å²) >= 11 is 1.26. The van der Waals surface area contributed by atoms with E-state index >= 15 is 0 Å². The van der Waals surface area contributed by atoms with Crippen molar-refractivity contribution in [1.29, 1.82) is 0 Å². The van der Waals surface area contributed by atoms with Crippen LogP contribution in [0.3, 0.4) is 0 Å². The molecule has 28 heavy (non-hydrogen) atoms. The summed E-state index contributed by atoms with van der Waals surface area (Å²) in [5.74, 6) is 0.209. The van der Waals surface area contributed by atoms with E-state index in [1.54, 1.807) is 22.8 Å². The molecule has 0 aliphatic rings. The molecule has 0 amide bonds. The van der Waals surface area contributed by atoms with E-state index in [-0.39, 0.29) is 23.7 Å². The van der Waals surface area contributed by atoms with Gasteiger partial charge in [-0.3, -0.25) is 14.2 Å². The number of aryl methyl sites for hydroxylation is 1. The molecule has 0 bridgehead atoms. The molecule has 0 aliphatic carbocycles. The fourth-order valence-corrected chi connectivity index (χ4v) is 3.96. The Bertz CT molecular complexity index is 1010. The number of aliphatic hydroxyl groups excluding tert-OH is 1. The molecule has 0 radical (unpaired) electrons. The number of benzene rings is 2. The molecule has 1 heterocycles. The predicted octanol–water partition coefficient (Wildman–Crippen LogP) is 3.71. The van der Waals surface area contributed by atoms with Gasteiger partial charge < -0.3 is 5.11 Å². The van der Waals surface area contributed by atoms with Gasteiger partial charge in [-0.1, -0.05) is 61.5 Å².